The lowest BCUT2D eigenvalue weighted by atomic mass is 9.71. The van der Waals surface area contributed by atoms with E-state index in [9.17, 15) is 14.4 Å². The van der Waals surface area contributed by atoms with Gasteiger partial charge < -0.3 is 4.57 Å². The number of halogens is 1. The minimum absolute atomic E-state index is 0.175. The molecule has 1 aromatic heterocycles. The number of fused-ring (bicyclic) bond motifs is 1. The number of benzene rings is 2. The van der Waals surface area contributed by atoms with Crippen molar-refractivity contribution in [1.29, 1.82) is 5.26 Å². The molecule has 1 unspecified atom stereocenters. The third kappa shape index (κ3) is 2.73. The molecule has 1 aliphatic carbocycles. The van der Waals surface area contributed by atoms with Crippen molar-refractivity contribution in [2.45, 2.75) is 37.0 Å². The number of Topliss-reactive ketones (excluding diaryl/α,β-unsaturated/α-hetero) is 1. The van der Waals surface area contributed by atoms with Crippen LogP contribution in [0.1, 0.15) is 43.0 Å². The number of carbonyl (C=O) groups is 1. The third-order valence-electron chi connectivity index (χ3n) is 5.78. The number of aromatic nitrogens is 2. The van der Waals surface area contributed by atoms with E-state index in [1.54, 1.807) is 12.1 Å². The highest BCUT2D eigenvalue weighted by molar-refractivity contribution is 5.98. The number of hydrogen-bond donors (Lipinski definition) is 0. The zero-order chi connectivity index (χ0) is 19.0. The number of para-hydroxylation sites is 2. The Kier molecular flexibility index (Phi) is 4.27. The van der Waals surface area contributed by atoms with Crippen LogP contribution in [-0.2, 0) is 17.3 Å². The highest BCUT2D eigenvalue weighted by Crippen LogP contribution is 2.45. The van der Waals surface area contributed by atoms with Crippen LogP contribution in [0, 0.1) is 17.1 Å². The van der Waals surface area contributed by atoms with E-state index in [1.165, 1.54) is 12.1 Å². The smallest absolute Gasteiger partial charge is 0.168 e. The largest absolute Gasteiger partial charge is 0.330 e. The quantitative estimate of drug-likeness (QED) is 0.692. The van der Waals surface area contributed by atoms with Crippen molar-refractivity contribution in [3.63, 3.8) is 0 Å². The Morgan fingerprint density at radius 1 is 1.22 bits per heavy atom. The summed E-state index contributed by atoms with van der Waals surface area (Å²) in [4.78, 5) is 18.2. The van der Waals surface area contributed by atoms with Crippen molar-refractivity contribution in [3.05, 3.63) is 65.7 Å². The highest BCUT2D eigenvalue weighted by atomic mass is 19.1. The standard InChI is InChI=1S/C22H20FN3O/c1-26-19-10-3-2-9-18(19)25-21(26)17(14-24)20(27)22(11-4-5-12-22)15-7-6-8-16(23)13-15/h2-3,6-10,13,17H,4-5,11-12H2,1H3. The second-order valence-electron chi connectivity index (χ2n) is 7.24. The molecule has 1 atom stereocenters. The molecule has 136 valence electrons. The molecule has 0 aliphatic heterocycles. The number of hydrogen-bond acceptors (Lipinski definition) is 3. The summed E-state index contributed by atoms with van der Waals surface area (Å²) in [5.41, 5.74) is 1.49. The Balaban J connectivity index is 1.82. The maximum atomic E-state index is 13.9. The molecule has 1 fully saturated rings. The van der Waals surface area contributed by atoms with Gasteiger partial charge in [0.05, 0.1) is 22.5 Å². The van der Waals surface area contributed by atoms with Gasteiger partial charge in [-0.1, -0.05) is 37.1 Å². The lowest BCUT2D eigenvalue weighted by molar-refractivity contribution is -0.125. The Morgan fingerprint density at radius 3 is 2.63 bits per heavy atom. The second-order valence-corrected chi connectivity index (χ2v) is 7.24. The molecule has 1 aliphatic rings. The monoisotopic (exact) mass is 361 g/mol. The SMILES string of the molecule is Cn1c(C(C#N)C(=O)C2(c3cccc(F)c3)CCCC2)nc2ccccc21. The molecule has 0 spiro atoms. The molecule has 3 aromatic rings. The van der Waals surface area contributed by atoms with Gasteiger partial charge in [0.15, 0.2) is 11.7 Å². The van der Waals surface area contributed by atoms with Crippen LogP contribution in [0.3, 0.4) is 0 Å². The maximum absolute atomic E-state index is 13.9. The molecular formula is C22H20FN3O. The van der Waals surface area contributed by atoms with Crippen LogP contribution < -0.4 is 0 Å². The van der Waals surface area contributed by atoms with Gasteiger partial charge in [-0.25, -0.2) is 9.37 Å². The van der Waals surface area contributed by atoms with Crippen LogP contribution in [-0.4, -0.2) is 15.3 Å². The maximum Gasteiger partial charge on any atom is 0.168 e. The van der Waals surface area contributed by atoms with Crippen molar-refractivity contribution in [2.75, 3.05) is 0 Å². The minimum atomic E-state index is -0.983. The Labute approximate surface area is 157 Å². The van der Waals surface area contributed by atoms with Gasteiger partial charge in [-0.05, 0) is 42.7 Å². The van der Waals surface area contributed by atoms with Gasteiger partial charge in [-0.3, -0.25) is 4.79 Å². The molecule has 1 saturated carbocycles. The number of nitriles is 1. The lowest BCUT2D eigenvalue weighted by Gasteiger charge is -2.30. The van der Waals surface area contributed by atoms with Crippen molar-refractivity contribution >= 4 is 16.8 Å². The van der Waals surface area contributed by atoms with E-state index in [2.05, 4.69) is 11.1 Å². The number of carbonyl (C=O) groups excluding carboxylic acids is 1. The number of rotatable bonds is 4. The average Bonchev–Trinajstić information content (AvgIpc) is 3.29. The molecule has 1 heterocycles. The first-order valence-electron chi connectivity index (χ1n) is 9.18. The van der Waals surface area contributed by atoms with E-state index in [0.29, 0.717) is 24.2 Å². The normalized spacial score (nSPS) is 16.9. The molecule has 0 amide bonds. The van der Waals surface area contributed by atoms with E-state index in [1.807, 2.05) is 35.9 Å². The fraction of sp³-hybridized carbons (Fsp3) is 0.318. The van der Waals surface area contributed by atoms with E-state index < -0.39 is 11.3 Å². The molecule has 4 nitrogen and oxygen atoms in total. The number of aryl methyl sites for hydroxylation is 1. The fourth-order valence-corrected chi connectivity index (χ4v) is 4.37. The van der Waals surface area contributed by atoms with Crippen molar-refractivity contribution in [3.8, 4) is 6.07 Å². The third-order valence-corrected chi connectivity index (χ3v) is 5.78. The Morgan fingerprint density at radius 2 is 1.96 bits per heavy atom. The predicted molar refractivity (Wildman–Crippen MR) is 101 cm³/mol. The highest BCUT2D eigenvalue weighted by Gasteiger charge is 2.47. The van der Waals surface area contributed by atoms with Gasteiger partial charge in [-0.15, -0.1) is 0 Å². The van der Waals surface area contributed by atoms with Crippen LogP contribution in [0.5, 0.6) is 0 Å². The summed E-state index contributed by atoms with van der Waals surface area (Å²) in [6.07, 6.45) is 3.06. The van der Waals surface area contributed by atoms with Crippen molar-refractivity contribution < 1.29 is 9.18 Å². The molecule has 0 bridgehead atoms. The second kappa shape index (κ2) is 6.62. The lowest BCUT2D eigenvalue weighted by Crippen LogP contribution is -2.37. The van der Waals surface area contributed by atoms with Gasteiger partial charge >= 0.3 is 0 Å². The van der Waals surface area contributed by atoms with Crippen LogP contribution in [0.25, 0.3) is 11.0 Å². The molecule has 2 aromatic carbocycles. The Hall–Kier alpha value is -3.00. The summed E-state index contributed by atoms with van der Waals surface area (Å²) in [6.45, 7) is 0. The Bertz CT molecular complexity index is 1060. The van der Waals surface area contributed by atoms with Gasteiger partial charge in [0, 0.05) is 7.05 Å². The van der Waals surface area contributed by atoms with Crippen LogP contribution in [0.4, 0.5) is 4.39 Å². The first kappa shape index (κ1) is 17.4. The van der Waals surface area contributed by atoms with E-state index in [-0.39, 0.29) is 11.6 Å². The number of nitrogens with zero attached hydrogens (tertiary/aromatic N) is 3. The summed E-state index contributed by atoms with van der Waals surface area (Å²) >= 11 is 0. The fourth-order valence-electron chi connectivity index (χ4n) is 4.37. The number of imidazole rings is 1. The summed E-state index contributed by atoms with van der Waals surface area (Å²) in [5.74, 6) is -1.07. The molecule has 5 heteroatoms. The van der Waals surface area contributed by atoms with Gasteiger partial charge in [-0.2, -0.15) is 5.26 Å². The molecular weight excluding hydrogens is 341 g/mol. The zero-order valence-corrected chi connectivity index (χ0v) is 15.2. The van der Waals surface area contributed by atoms with E-state index in [4.69, 9.17) is 0 Å². The summed E-state index contributed by atoms with van der Waals surface area (Å²) in [6, 6.07) is 16.0. The van der Waals surface area contributed by atoms with Crippen molar-refractivity contribution in [1.82, 2.24) is 9.55 Å². The first-order chi connectivity index (χ1) is 13.1. The van der Waals surface area contributed by atoms with Crippen LogP contribution >= 0.6 is 0 Å². The number of ketones is 1. The average molecular weight is 361 g/mol. The van der Waals surface area contributed by atoms with Crippen LogP contribution in [0.2, 0.25) is 0 Å². The van der Waals surface area contributed by atoms with E-state index >= 15 is 0 Å². The summed E-state index contributed by atoms with van der Waals surface area (Å²) < 4.78 is 15.7. The van der Waals surface area contributed by atoms with Gasteiger partial charge in [0.2, 0.25) is 0 Å². The molecule has 0 N–H and O–H groups in total. The first-order valence-corrected chi connectivity index (χ1v) is 9.18. The van der Waals surface area contributed by atoms with Gasteiger partial charge in [0.1, 0.15) is 11.6 Å². The summed E-state index contributed by atoms with van der Waals surface area (Å²) in [5, 5.41) is 9.88. The van der Waals surface area contributed by atoms with Crippen LogP contribution in [0.15, 0.2) is 48.5 Å². The molecule has 0 radical (unpaired) electrons. The van der Waals surface area contributed by atoms with Crippen molar-refractivity contribution in [2.24, 2.45) is 7.05 Å². The molecule has 0 saturated heterocycles. The predicted octanol–water partition coefficient (Wildman–Crippen LogP) is 4.40. The zero-order valence-electron chi connectivity index (χ0n) is 15.2. The van der Waals surface area contributed by atoms with Gasteiger partial charge in [0.25, 0.3) is 0 Å². The molecule has 27 heavy (non-hydrogen) atoms. The topological polar surface area (TPSA) is 58.7 Å². The van der Waals surface area contributed by atoms with E-state index in [0.717, 1.165) is 23.9 Å². The molecule has 4 rings (SSSR count). The summed E-state index contributed by atoms with van der Waals surface area (Å²) in [7, 11) is 1.83. The minimum Gasteiger partial charge on any atom is -0.330 e.